The van der Waals surface area contributed by atoms with Crippen molar-refractivity contribution in [3.63, 3.8) is 0 Å². The van der Waals surface area contributed by atoms with Crippen LogP contribution < -0.4 is 10.0 Å². The van der Waals surface area contributed by atoms with Crippen molar-refractivity contribution in [2.75, 3.05) is 33.2 Å². The van der Waals surface area contributed by atoms with Crippen molar-refractivity contribution in [2.24, 2.45) is 5.92 Å². The van der Waals surface area contributed by atoms with E-state index in [1.165, 1.54) is 4.31 Å². The van der Waals surface area contributed by atoms with Crippen LogP contribution >= 0.6 is 0 Å². The molecule has 0 saturated carbocycles. The normalized spacial score (nSPS) is 19.0. The number of nitrogens with zero attached hydrogens (tertiary/aromatic N) is 1. The van der Waals surface area contributed by atoms with Gasteiger partial charge in [-0.2, -0.15) is 25.9 Å². The molecule has 0 unspecified atom stereocenters. The summed E-state index contributed by atoms with van der Waals surface area (Å²) in [5.41, 5.74) is 0. The molecule has 126 valence electrons. The number of nitrogens with one attached hydrogen (secondary N) is 2. The summed E-state index contributed by atoms with van der Waals surface area (Å²) >= 11 is 0. The van der Waals surface area contributed by atoms with E-state index in [0.717, 1.165) is 19.4 Å². The summed E-state index contributed by atoms with van der Waals surface area (Å²) in [4.78, 5) is 0. The molecule has 0 spiro atoms. The van der Waals surface area contributed by atoms with E-state index in [0.29, 0.717) is 19.0 Å². The molecule has 0 aliphatic carbocycles. The van der Waals surface area contributed by atoms with Crippen LogP contribution in [0.4, 0.5) is 13.2 Å². The van der Waals surface area contributed by atoms with Crippen LogP contribution in [0.5, 0.6) is 0 Å². The third kappa shape index (κ3) is 7.44. The van der Waals surface area contributed by atoms with E-state index in [9.17, 15) is 21.6 Å². The summed E-state index contributed by atoms with van der Waals surface area (Å²) in [6, 6.07) is 0. The number of halogens is 3. The average Bonchev–Trinajstić information content (AvgIpc) is 2.38. The van der Waals surface area contributed by atoms with Gasteiger partial charge in [0.05, 0.1) is 0 Å². The maximum atomic E-state index is 12.0. The van der Waals surface area contributed by atoms with E-state index in [-0.39, 0.29) is 19.4 Å². The van der Waals surface area contributed by atoms with Gasteiger partial charge in [-0.3, -0.25) is 0 Å². The van der Waals surface area contributed by atoms with Crippen LogP contribution in [0.25, 0.3) is 0 Å². The first-order valence-electron chi connectivity index (χ1n) is 7.20. The maximum Gasteiger partial charge on any atom is 0.389 e. The van der Waals surface area contributed by atoms with Crippen molar-refractivity contribution in [3.8, 4) is 0 Å². The highest BCUT2D eigenvalue weighted by atomic mass is 32.2. The largest absolute Gasteiger partial charge is 0.389 e. The minimum absolute atomic E-state index is 0.0505. The lowest BCUT2D eigenvalue weighted by Crippen LogP contribution is -2.46. The van der Waals surface area contributed by atoms with Gasteiger partial charge in [0.15, 0.2) is 0 Å². The smallest absolute Gasteiger partial charge is 0.319 e. The van der Waals surface area contributed by atoms with Crippen molar-refractivity contribution < 1.29 is 21.6 Å². The van der Waals surface area contributed by atoms with Gasteiger partial charge in [0.1, 0.15) is 0 Å². The van der Waals surface area contributed by atoms with Crippen LogP contribution in [-0.2, 0) is 10.2 Å². The molecular weight excluding hydrogens is 307 g/mol. The topological polar surface area (TPSA) is 61.4 Å². The van der Waals surface area contributed by atoms with Crippen LogP contribution in [0, 0.1) is 5.92 Å². The summed E-state index contributed by atoms with van der Waals surface area (Å²) in [7, 11) is -1.69. The first-order chi connectivity index (χ1) is 9.74. The Balaban J connectivity index is 2.25. The molecule has 0 aromatic carbocycles. The summed E-state index contributed by atoms with van der Waals surface area (Å²) in [5, 5.41) is 3.08. The summed E-state index contributed by atoms with van der Waals surface area (Å²) in [5.74, 6) is 0.480. The van der Waals surface area contributed by atoms with Gasteiger partial charge >= 0.3 is 6.18 Å². The summed E-state index contributed by atoms with van der Waals surface area (Å²) < 4.78 is 63.6. The second kappa shape index (κ2) is 8.30. The number of hydrogen-bond acceptors (Lipinski definition) is 3. The lowest BCUT2D eigenvalue weighted by molar-refractivity contribution is -0.135. The minimum Gasteiger partial charge on any atom is -0.319 e. The Morgan fingerprint density at radius 2 is 1.81 bits per heavy atom. The Morgan fingerprint density at radius 1 is 1.19 bits per heavy atom. The molecule has 5 nitrogen and oxygen atoms in total. The van der Waals surface area contributed by atoms with Gasteiger partial charge in [-0.1, -0.05) is 0 Å². The molecule has 0 aromatic heterocycles. The predicted octanol–water partition coefficient (Wildman–Crippen LogP) is 1.48. The summed E-state index contributed by atoms with van der Waals surface area (Å²) in [6.07, 6.45) is -3.31. The Kier molecular flexibility index (Phi) is 7.38. The van der Waals surface area contributed by atoms with Gasteiger partial charge in [-0.05, 0) is 45.2 Å². The van der Waals surface area contributed by atoms with Gasteiger partial charge in [0.2, 0.25) is 0 Å². The van der Waals surface area contributed by atoms with Crippen LogP contribution in [-0.4, -0.2) is 52.1 Å². The molecule has 0 bridgehead atoms. The lowest BCUT2D eigenvalue weighted by atomic mass is 9.98. The van der Waals surface area contributed by atoms with Crippen LogP contribution in [0.3, 0.4) is 0 Å². The minimum atomic E-state index is -4.17. The van der Waals surface area contributed by atoms with Gasteiger partial charge in [0.25, 0.3) is 10.2 Å². The third-order valence-corrected chi connectivity index (χ3v) is 5.19. The number of hydrogen-bond donors (Lipinski definition) is 2. The zero-order valence-electron chi connectivity index (χ0n) is 12.2. The van der Waals surface area contributed by atoms with Crippen LogP contribution in [0.2, 0.25) is 0 Å². The van der Waals surface area contributed by atoms with E-state index < -0.39 is 22.8 Å². The average molecular weight is 331 g/mol. The maximum absolute atomic E-state index is 12.0. The molecule has 1 aliphatic rings. The Hall–Kier alpha value is -0.380. The third-order valence-electron chi connectivity index (χ3n) is 3.58. The van der Waals surface area contributed by atoms with Crippen LogP contribution in [0.15, 0.2) is 0 Å². The first-order valence-corrected chi connectivity index (χ1v) is 8.64. The number of rotatable bonds is 8. The predicted molar refractivity (Wildman–Crippen MR) is 75.1 cm³/mol. The number of unbranched alkanes of at least 4 members (excludes halogenated alkanes) is 1. The highest BCUT2D eigenvalue weighted by Crippen LogP contribution is 2.22. The molecule has 0 amide bonds. The van der Waals surface area contributed by atoms with Crippen molar-refractivity contribution in [1.29, 1.82) is 0 Å². The monoisotopic (exact) mass is 331 g/mol. The van der Waals surface area contributed by atoms with Crippen molar-refractivity contribution >= 4 is 10.2 Å². The molecule has 1 aliphatic heterocycles. The zero-order valence-corrected chi connectivity index (χ0v) is 13.1. The second-order valence-corrected chi connectivity index (χ2v) is 7.13. The van der Waals surface area contributed by atoms with E-state index in [1.807, 2.05) is 7.05 Å². The van der Waals surface area contributed by atoms with E-state index in [4.69, 9.17) is 0 Å². The Labute approximate surface area is 124 Å². The molecule has 21 heavy (non-hydrogen) atoms. The fourth-order valence-corrected chi connectivity index (χ4v) is 3.66. The van der Waals surface area contributed by atoms with Crippen molar-refractivity contribution in [2.45, 2.75) is 38.3 Å². The van der Waals surface area contributed by atoms with E-state index in [2.05, 4.69) is 10.0 Å². The molecule has 0 atom stereocenters. The molecule has 2 N–H and O–H groups in total. The molecular formula is C12H24F3N3O2S. The molecule has 1 rings (SSSR count). The van der Waals surface area contributed by atoms with Crippen LogP contribution in [0.1, 0.15) is 32.1 Å². The highest BCUT2D eigenvalue weighted by molar-refractivity contribution is 7.87. The quantitative estimate of drug-likeness (QED) is 0.663. The second-order valence-electron chi connectivity index (χ2n) is 5.37. The lowest BCUT2D eigenvalue weighted by Gasteiger charge is -2.31. The van der Waals surface area contributed by atoms with E-state index >= 15 is 0 Å². The fraction of sp³-hybridized carbons (Fsp3) is 1.00. The summed E-state index contributed by atoms with van der Waals surface area (Å²) in [6.45, 7) is 1.85. The van der Waals surface area contributed by atoms with Crippen molar-refractivity contribution in [1.82, 2.24) is 14.3 Å². The number of alkyl halides is 3. The SMILES string of the molecule is CNCC1CCN(S(=O)(=O)NCCCCC(F)(F)F)CC1. The Bertz CT molecular complexity index is 393. The molecule has 1 heterocycles. The van der Waals surface area contributed by atoms with Gasteiger partial charge in [-0.25, -0.2) is 4.72 Å². The molecule has 0 aromatic rings. The zero-order chi connectivity index (χ0) is 15.9. The first kappa shape index (κ1) is 18.7. The molecule has 9 heteroatoms. The highest BCUT2D eigenvalue weighted by Gasteiger charge is 2.28. The Morgan fingerprint density at radius 3 is 2.33 bits per heavy atom. The standard InChI is InChI=1S/C12H24F3N3O2S/c1-16-10-11-4-8-18(9-5-11)21(19,20)17-7-3-2-6-12(13,14)15/h11,16-17H,2-10H2,1H3. The number of piperidine rings is 1. The molecule has 1 saturated heterocycles. The van der Waals surface area contributed by atoms with E-state index in [1.54, 1.807) is 0 Å². The van der Waals surface area contributed by atoms with Gasteiger partial charge in [-0.15, -0.1) is 0 Å². The van der Waals surface area contributed by atoms with Crippen molar-refractivity contribution in [3.05, 3.63) is 0 Å². The fourth-order valence-electron chi connectivity index (χ4n) is 2.39. The molecule has 1 fully saturated rings. The van der Waals surface area contributed by atoms with Gasteiger partial charge < -0.3 is 5.32 Å². The molecule has 0 radical (unpaired) electrons. The van der Waals surface area contributed by atoms with Gasteiger partial charge in [0, 0.05) is 26.1 Å².